The summed E-state index contributed by atoms with van der Waals surface area (Å²) >= 11 is 12.1. The number of rotatable bonds is 6. The van der Waals surface area contributed by atoms with E-state index in [1.165, 1.54) is 0 Å². The molecule has 0 aromatic heterocycles. The van der Waals surface area contributed by atoms with Gasteiger partial charge in [0.25, 0.3) is 0 Å². The molecule has 23 heavy (non-hydrogen) atoms. The lowest BCUT2D eigenvalue weighted by atomic mass is 10.1. The number of carbonyl (C=O) groups excluding carboxylic acids is 1. The molecule has 1 aromatic rings. The van der Waals surface area contributed by atoms with Crippen LogP contribution in [0.5, 0.6) is 0 Å². The molecular formula is C15H17Cl2NO5. The van der Waals surface area contributed by atoms with Gasteiger partial charge in [-0.25, -0.2) is 4.79 Å². The second-order valence-electron chi connectivity index (χ2n) is 5.16. The lowest BCUT2D eigenvalue weighted by Gasteiger charge is -2.31. The van der Waals surface area contributed by atoms with E-state index in [-0.39, 0.29) is 18.9 Å². The zero-order valence-corrected chi connectivity index (χ0v) is 13.8. The van der Waals surface area contributed by atoms with Gasteiger partial charge in [-0.3, -0.25) is 4.79 Å². The number of aliphatic carboxylic acids is 1. The number of carboxylic acids is 1. The molecule has 6 nitrogen and oxygen atoms in total. The van der Waals surface area contributed by atoms with Crippen LogP contribution in [-0.2, 0) is 25.5 Å². The highest BCUT2D eigenvalue weighted by Crippen LogP contribution is 2.24. The molecule has 2 rings (SSSR count). The number of hydrogen-bond acceptors (Lipinski definition) is 4. The topological polar surface area (TPSA) is 84.9 Å². The van der Waals surface area contributed by atoms with Gasteiger partial charge in [0.2, 0.25) is 5.91 Å². The van der Waals surface area contributed by atoms with Crippen molar-refractivity contribution in [2.24, 2.45) is 0 Å². The number of halogens is 2. The van der Waals surface area contributed by atoms with E-state index in [2.05, 4.69) is 5.32 Å². The molecule has 1 fully saturated rings. The molecule has 0 aliphatic carbocycles. The van der Waals surface area contributed by atoms with E-state index in [9.17, 15) is 9.59 Å². The summed E-state index contributed by atoms with van der Waals surface area (Å²) in [6.45, 7) is 0.326. The van der Waals surface area contributed by atoms with E-state index in [1.54, 1.807) is 18.2 Å². The Morgan fingerprint density at radius 1 is 1.35 bits per heavy atom. The van der Waals surface area contributed by atoms with Crippen molar-refractivity contribution in [3.05, 3.63) is 33.8 Å². The molecule has 1 heterocycles. The van der Waals surface area contributed by atoms with Gasteiger partial charge < -0.3 is 19.9 Å². The van der Waals surface area contributed by atoms with E-state index >= 15 is 0 Å². The number of hydrogen-bond donors (Lipinski definition) is 2. The van der Waals surface area contributed by atoms with Crippen LogP contribution in [0.25, 0.3) is 0 Å². The van der Waals surface area contributed by atoms with Gasteiger partial charge in [-0.05, 0) is 24.1 Å². The summed E-state index contributed by atoms with van der Waals surface area (Å²) in [5.74, 6) is -1.33. The number of carbonyl (C=O) groups is 2. The summed E-state index contributed by atoms with van der Waals surface area (Å²) in [7, 11) is 0. The van der Waals surface area contributed by atoms with Crippen molar-refractivity contribution in [2.45, 2.75) is 25.0 Å². The molecular weight excluding hydrogens is 345 g/mol. The van der Waals surface area contributed by atoms with Crippen molar-refractivity contribution >= 4 is 35.1 Å². The molecule has 0 spiro atoms. The van der Waals surface area contributed by atoms with Crippen LogP contribution in [0, 0.1) is 0 Å². The normalized spacial score (nSPS) is 21.0. The first kappa shape index (κ1) is 18.0. The Kier molecular flexibility index (Phi) is 6.65. The molecule has 1 amide bonds. The molecule has 1 saturated heterocycles. The van der Waals surface area contributed by atoms with Gasteiger partial charge in [0, 0.05) is 16.7 Å². The second kappa shape index (κ2) is 8.49. The summed E-state index contributed by atoms with van der Waals surface area (Å²) in [6.07, 6.45) is 0.150. The van der Waals surface area contributed by atoms with Crippen molar-refractivity contribution in [3.63, 3.8) is 0 Å². The Balaban J connectivity index is 1.95. The summed E-state index contributed by atoms with van der Waals surface area (Å²) < 4.78 is 10.6. The van der Waals surface area contributed by atoms with E-state index in [1.807, 2.05) is 0 Å². The Labute approximate surface area is 143 Å². The maximum atomic E-state index is 12.2. The molecule has 1 aromatic carbocycles. The van der Waals surface area contributed by atoms with Gasteiger partial charge in [0.05, 0.1) is 25.2 Å². The highest BCUT2D eigenvalue weighted by Gasteiger charge is 2.28. The van der Waals surface area contributed by atoms with E-state index in [4.69, 9.17) is 37.8 Å². The Hall–Kier alpha value is -1.34. The highest BCUT2D eigenvalue weighted by atomic mass is 35.5. The van der Waals surface area contributed by atoms with Crippen molar-refractivity contribution in [1.29, 1.82) is 0 Å². The number of carboxylic acid groups (broad SMARTS) is 1. The minimum absolute atomic E-state index is 0.0284. The molecule has 2 N–H and O–H groups in total. The Bertz CT molecular complexity index is 561. The third kappa shape index (κ3) is 5.35. The first-order chi connectivity index (χ1) is 11.0. The van der Waals surface area contributed by atoms with Crippen LogP contribution in [0.2, 0.25) is 10.0 Å². The average molecular weight is 362 g/mol. The lowest BCUT2D eigenvalue weighted by Crippen LogP contribution is -2.51. The molecule has 126 valence electrons. The van der Waals surface area contributed by atoms with Gasteiger partial charge in [0.15, 0.2) is 0 Å². The number of nitrogens with one attached hydrogen (secondary N) is 1. The maximum absolute atomic E-state index is 12.2. The number of amides is 1. The minimum Gasteiger partial charge on any atom is -0.480 e. The molecule has 1 aliphatic heterocycles. The van der Waals surface area contributed by atoms with E-state index < -0.39 is 24.7 Å². The van der Waals surface area contributed by atoms with Crippen molar-refractivity contribution in [3.8, 4) is 0 Å². The number of benzene rings is 1. The Morgan fingerprint density at radius 2 is 2.04 bits per heavy atom. The van der Waals surface area contributed by atoms with Crippen LogP contribution in [0.3, 0.4) is 0 Å². The van der Waals surface area contributed by atoms with Crippen molar-refractivity contribution < 1.29 is 24.2 Å². The summed E-state index contributed by atoms with van der Waals surface area (Å²) in [4.78, 5) is 22.8. The van der Waals surface area contributed by atoms with Crippen LogP contribution in [0.4, 0.5) is 0 Å². The fourth-order valence-corrected chi connectivity index (χ4v) is 2.88. The fourth-order valence-electron chi connectivity index (χ4n) is 2.35. The summed E-state index contributed by atoms with van der Waals surface area (Å²) in [5.41, 5.74) is 0.549. The van der Waals surface area contributed by atoms with Crippen LogP contribution in [0.1, 0.15) is 12.0 Å². The highest BCUT2D eigenvalue weighted by molar-refractivity contribution is 6.36. The Morgan fingerprint density at radius 3 is 2.70 bits per heavy atom. The quantitative estimate of drug-likeness (QED) is 0.808. The van der Waals surface area contributed by atoms with Gasteiger partial charge in [-0.2, -0.15) is 0 Å². The molecule has 0 radical (unpaired) electrons. The average Bonchev–Trinajstić information content (AvgIpc) is 2.50. The van der Waals surface area contributed by atoms with Crippen LogP contribution < -0.4 is 5.32 Å². The fraction of sp³-hybridized carbons (Fsp3) is 0.467. The van der Waals surface area contributed by atoms with Crippen LogP contribution in [-0.4, -0.2) is 48.9 Å². The maximum Gasteiger partial charge on any atom is 0.329 e. The van der Waals surface area contributed by atoms with Gasteiger partial charge in [0.1, 0.15) is 6.61 Å². The zero-order chi connectivity index (χ0) is 16.8. The summed E-state index contributed by atoms with van der Waals surface area (Å²) in [6, 6.07) is 4.63. The first-order valence-corrected chi connectivity index (χ1v) is 7.86. The molecule has 8 heteroatoms. The monoisotopic (exact) mass is 361 g/mol. The van der Waals surface area contributed by atoms with Crippen LogP contribution in [0.15, 0.2) is 18.2 Å². The van der Waals surface area contributed by atoms with Gasteiger partial charge in [-0.1, -0.05) is 29.3 Å². The predicted molar refractivity (Wildman–Crippen MR) is 84.9 cm³/mol. The zero-order valence-electron chi connectivity index (χ0n) is 12.3. The number of ether oxygens (including phenoxy) is 2. The SMILES string of the molecule is O=C(O)CO[C@H]1CCOC[C@H]1NC(=O)Cc1c(Cl)cccc1Cl. The molecule has 2 atom stereocenters. The molecule has 0 unspecified atom stereocenters. The standard InChI is InChI=1S/C15H17Cl2NO5/c16-10-2-1-3-11(17)9(10)6-14(19)18-12-7-22-5-4-13(12)23-8-15(20)21/h1-3,12-13H,4-8H2,(H,18,19)(H,20,21)/t12-,13+/m1/s1. The first-order valence-electron chi connectivity index (χ1n) is 7.10. The van der Waals surface area contributed by atoms with Gasteiger partial charge >= 0.3 is 5.97 Å². The second-order valence-corrected chi connectivity index (χ2v) is 5.97. The predicted octanol–water partition coefficient (Wildman–Crippen LogP) is 1.91. The van der Waals surface area contributed by atoms with Crippen molar-refractivity contribution in [1.82, 2.24) is 5.32 Å². The summed E-state index contributed by atoms with van der Waals surface area (Å²) in [5, 5.41) is 12.3. The third-order valence-corrected chi connectivity index (χ3v) is 4.17. The van der Waals surface area contributed by atoms with Gasteiger partial charge in [-0.15, -0.1) is 0 Å². The third-order valence-electron chi connectivity index (χ3n) is 3.46. The smallest absolute Gasteiger partial charge is 0.329 e. The van der Waals surface area contributed by atoms with E-state index in [0.717, 1.165) is 0 Å². The van der Waals surface area contributed by atoms with Crippen molar-refractivity contribution in [2.75, 3.05) is 19.8 Å². The molecule has 0 saturated carbocycles. The largest absolute Gasteiger partial charge is 0.480 e. The molecule has 1 aliphatic rings. The minimum atomic E-state index is -1.05. The van der Waals surface area contributed by atoms with E-state index in [0.29, 0.717) is 28.6 Å². The lowest BCUT2D eigenvalue weighted by molar-refractivity contribution is -0.148. The van der Waals surface area contributed by atoms with Crippen LogP contribution >= 0.6 is 23.2 Å². The molecule has 0 bridgehead atoms.